The maximum Gasteiger partial charge on any atom is 0.247 e. The fourth-order valence-corrected chi connectivity index (χ4v) is 7.37. The standard InChI is InChI=1S/C34H38F2N6O4/c1-3-34(43)39-29-13-22(32(44-2)17-31(29)40-7-4-26(5-8-40)41-18-28-16-27(41)19-45-28)12-25-15-33(38-20-37-25)42-30(6-9-46-42)21-10-23(35)14-24(36)11-21/h3,10-11,13-15,17,20,26-28,30H,1,4-9,12,16,18-19H2,2H3,(H,39,43)/t27-,28-,30+/m0/s1. The zero-order valence-corrected chi connectivity index (χ0v) is 25.8. The van der Waals surface area contributed by atoms with Crippen LogP contribution in [-0.2, 0) is 20.8 Å². The molecule has 12 heteroatoms. The van der Waals surface area contributed by atoms with Crippen molar-refractivity contribution < 1.29 is 27.9 Å². The molecule has 3 atom stereocenters. The smallest absolute Gasteiger partial charge is 0.247 e. The van der Waals surface area contributed by atoms with Crippen molar-refractivity contribution in [2.75, 3.05) is 55.2 Å². The second kappa shape index (κ2) is 12.9. The summed E-state index contributed by atoms with van der Waals surface area (Å²) in [5.41, 5.74) is 3.56. The van der Waals surface area contributed by atoms with Crippen LogP contribution in [0.2, 0.25) is 0 Å². The van der Waals surface area contributed by atoms with Gasteiger partial charge in [-0.25, -0.2) is 23.8 Å². The molecule has 1 amide bonds. The average Bonchev–Trinajstić information content (AvgIpc) is 3.83. The molecule has 4 aliphatic heterocycles. The third-order valence-electron chi connectivity index (χ3n) is 9.54. The number of likely N-dealkylation sites (tertiary alicyclic amines) is 1. The van der Waals surface area contributed by atoms with E-state index >= 15 is 0 Å². The van der Waals surface area contributed by atoms with Crippen LogP contribution in [0.3, 0.4) is 0 Å². The lowest BCUT2D eigenvalue weighted by Crippen LogP contribution is -2.49. The summed E-state index contributed by atoms with van der Waals surface area (Å²) < 4.78 is 39.7. The maximum atomic E-state index is 14.0. The molecule has 46 heavy (non-hydrogen) atoms. The predicted octanol–water partition coefficient (Wildman–Crippen LogP) is 4.80. The van der Waals surface area contributed by atoms with E-state index in [4.69, 9.17) is 14.3 Å². The largest absolute Gasteiger partial charge is 0.496 e. The molecule has 0 spiro atoms. The molecule has 3 aromatic rings. The number of rotatable bonds is 9. The minimum atomic E-state index is -0.641. The van der Waals surface area contributed by atoms with Gasteiger partial charge >= 0.3 is 0 Å². The highest BCUT2D eigenvalue weighted by Crippen LogP contribution is 2.39. The van der Waals surface area contributed by atoms with E-state index in [0.717, 1.165) is 62.8 Å². The van der Waals surface area contributed by atoms with Gasteiger partial charge in [0.05, 0.1) is 49.5 Å². The summed E-state index contributed by atoms with van der Waals surface area (Å²) in [6.07, 6.45) is 7.23. The molecular formula is C34H38F2N6O4. The summed E-state index contributed by atoms with van der Waals surface area (Å²) in [5, 5.41) is 4.59. The number of hydrogen-bond acceptors (Lipinski definition) is 9. The van der Waals surface area contributed by atoms with Crippen LogP contribution >= 0.6 is 0 Å². The zero-order valence-electron chi connectivity index (χ0n) is 25.8. The van der Waals surface area contributed by atoms with E-state index in [0.29, 0.717) is 66.1 Å². The zero-order chi connectivity index (χ0) is 31.8. The molecular weight excluding hydrogens is 594 g/mol. The van der Waals surface area contributed by atoms with Crippen LogP contribution in [0.25, 0.3) is 0 Å². The van der Waals surface area contributed by atoms with Crippen LogP contribution in [0, 0.1) is 11.6 Å². The highest BCUT2D eigenvalue weighted by Gasteiger charge is 2.42. The summed E-state index contributed by atoms with van der Waals surface area (Å²) in [5.74, 6) is -0.423. The summed E-state index contributed by atoms with van der Waals surface area (Å²) in [7, 11) is 1.63. The molecule has 10 nitrogen and oxygen atoms in total. The van der Waals surface area contributed by atoms with E-state index in [1.807, 2.05) is 12.1 Å². The Labute approximate surface area is 266 Å². The highest BCUT2D eigenvalue weighted by atomic mass is 19.1. The molecule has 0 unspecified atom stereocenters. The van der Waals surface area contributed by atoms with Gasteiger partial charge in [-0.1, -0.05) is 6.58 Å². The van der Waals surface area contributed by atoms with Crippen molar-refractivity contribution in [1.82, 2.24) is 14.9 Å². The van der Waals surface area contributed by atoms with Crippen molar-refractivity contribution in [2.45, 2.75) is 56.3 Å². The number of piperidine rings is 1. The van der Waals surface area contributed by atoms with Gasteiger partial charge in [0, 0.05) is 68.3 Å². The fraction of sp³-hybridized carbons (Fsp3) is 0.441. The van der Waals surface area contributed by atoms with Gasteiger partial charge in [-0.3, -0.25) is 14.5 Å². The number of aromatic nitrogens is 2. The number of hydrogen-bond donors (Lipinski definition) is 1. The second-order valence-corrected chi connectivity index (χ2v) is 12.3. The SMILES string of the molecule is C=CC(=O)Nc1cc(Cc2cc(N3OCC[C@@H]3c3cc(F)cc(F)c3)ncn2)c(OC)cc1N1CCC(N2C[C@@H]3C[C@H]2CO3)CC1. The van der Waals surface area contributed by atoms with Gasteiger partial charge in [-0.2, -0.15) is 0 Å². The first-order chi connectivity index (χ1) is 22.4. The van der Waals surface area contributed by atoms with E-state index in [9.17, 15) is 13.6 Å². The van der Waals surface area contributed by atoms with Crippen LogP contribution in [0.4, 0.5) is 26.0 Å². The normalized spacial score (nSPS) is 23.2. The highest BCUT2D eigenvalue weighted by molar-refractivity contribution is 6.01. The summed E-state index contributed by atoms with van der Waals surface area (Å²) in [4.78, 5) is 32.2. The molecule has 2 aromatic carbocycles. The van der Waals surface area contributed by atoms with Gasteiger partial charge in [-0.15, -0.1) is 0 Å². The van der Waals surface area contributed by atoms with Crippen LogP contribution in [0.1, 0.15) is 48.5 Å². The van der Waals surface area contributed by atoms with Crippen LogP contribution in [0.15, 0.2) is 55.4 Å². The van der Waals surface area contributed by atoms with E-state index in [-0.39, 0.29) is 5.91 Å². The lowest BCUT2D eigenvalue weighted by atomic mass is 9.99. The number of morpholine rings is 1. The molecule has 4 saturated heterocycles. The number of carbonyl (C=O) groups excluding carboxylic acids is 1. The monoisotopic (exact) mass is 632 g/mol. The molecule has 1 N–H and O–H groups in total. The predicted molar refractivity (Wildman–Crippen MR) is 169 cm³/mol. The van der Waals surface area contributed by atoms with Crippen molar-refractivity contribution in [1.29, 1.82) is 0 Å². The molecule has 4 fully saturated rings. The molecule has 242 valence electrons. The Bertz CT molecular complexity index is 1600. The molecule has 2 bridgehead atoms. The molecule has 7 rings (SSSR count). The molecule has 0 aliphatic carbocycles. The second-order valence-electron chi connectivity index (χ2n) is 12.3. The average molecular weight is 633 g/mol. The number of amides is 1. The third-order valence-corrected chi connectivity index (χ3v) is 9.54. The Morgan fingerprint density at radius 2 is 1.89 bits per heavy atom. The van der Waals surface area contributed by atoms with Gasteiger partial charge in [0.15, 0.2) is 5.82 Å². The minimum Gasteiger partial charge on any atom is -0.496 e. The van der Waals surface area contributed by atoms with Crippen LogP contribution in [-0.4, -0.2) is 78.9 Å². The van der Waals surface area contributed by atoms with E-state index < -0.39 is 17.7 Å². The lowest BCUT2D eigenvalue weighted by molar-refractivity contribution is -0.111. The van der Waals surface area contributed by atoms with E-state index in [2.05, 4.69) is 31.7 Å². The van der Waals surface area contributed by atoms with Crippen molar-refractivity contribution in [2.24, 2.45) is 0 Å². The quantitative estimate of drug-likeness (QED) is 0.334. The molecule has 4 aliphatic rings. The summed E-state index contributed by atoms with van der Waals surface area (Å²) in [6, 6.07) is 9.88. The number of hydroxylamine groups is 1. The van der Waals surface area contributed by atoms with Crippen molar-refractivity contribution in [3.63, 3.8) is 0 Å². The minimum absolute atomic E-state index is 0.296. The Morgan fingerprint density at radius 3 is 2.59 bits per heavy atom. The Hall–Kier alpha value is -4.13. The van der Waals surface area contributed by atoms with Gasteiger partial charge in [0.2, 0.25) is 5.91 Å². The lowest BCUT2D eigenvalue weighted by Gasteiger charge is -2.41. The number of fused-ring (bicyclic) bond motifs is 2. The van der Waals surface area contributed by atoms with Crippen molar-refractivity contribution in [3.8, 4) is 5.75 Å². The number of nitrogens with one attached hydrogen (secondary N) is 1. The first-order valence-electron chi connectivity index (χ1n) is 15.8. The molecule has 5 heterocycles. The third kappa shape index (κ3) is 6.16. The maximum absolute atomic E-state index is 14.0. The van der Waals surface area contributed by atoms with Gasteiger partial charge in [0.1, 0.15) is 23.7 Å². The fourth-order valence-electron chi connectivity index (χ4n) is 7.37. The Kier molecular flexibility index (Phi) is 8.58. The first kappa shape index (κ1) is 30.5. The number of nitrogens with zero attached hydrogens (tertiary/aromatic N) is 5. The Morgan fingerprint density at radius 1 is 1.09 bits per heavy atom. The summed E-state index contributed by atoms with van der Waals surface area (Å²) >= 11 is 0. The number of benzene rings is 2. The number of anilines is 3. The number of carbonyl (C=O) groups is 1. The molecule has 1 aromatic heterocycles. The van der Waals surface area contributed by atoms with Crippen LogP contribution < -0.4 is 20.0 Å². The van der Waals surface area contributed by atoms with Gasteiger partial charge < -0.3 is 19.7 Å². The topological polar surface area (TPSA) is 92.3 Å². The van der Waals surface area contributed by atoms with Gasteiger partial charge in [-0.05, 0) is 49.1 Å². The molecule has 0 saturated carbocycles. The number of ether oxygens (including phenoxy) is 2. The Balaban J connectivity index is 1.12. The van der Waals surface area contributed by atoms with E-state index in [1.165, 1.54) is 24.5 Å². The van der Waals surface area contributed by atoms with E-state index in [1.54, 1.807) is 18.2 Å². The molecule has 0 radical (unpaired) electrons. The van der Waals surface area contributed by atoms with Gasteiger partial charge in [0.25, 0.3) is 0 Å². The number of halogens is 2. The summed E-state index contributed by atoms with van der Waals surface area (Å²) in [6.45, 7) is 7.61. The van der Waals surface area contributed by atoms with Crippen molar-refractivity contribution in [3.05, 3.63) is 83.8 Å². The van der Waals surface area contributed by atoms with Crippen molar-refractivity contribution >= 4 is 23.1 Å². The first-order valence-corrected chi connectivity index (χ1v) is 15.8. The van der Waals surface area contributed by atoms with Crippen LogP contribution in [0.5, 0.6) is 5.75 Å². The number of methoxy groups -OCH3 is 1.